The number of aliphatic imine (C=N–C) groups is 1. The van der Waals surface area contributed by atoms with E-state index >= 15 is 0 Å². The fourth-order valence-electron chi connectivity index (χ4n) is 2.65. The lowest BCUT2D eigenvalue weighted by atomic mass is 10.2. The van der Waals surface area contributed by atoms with Gasteiger partial charge < -0.3 is 24.8 Å². The summed E-state index contributed by atoms with van der Waals surface area (Å²) in [6.45, 7) is 2.78. The minimum atomic E-state index is -2.90. The highest BCUT2D eigenvalue weighted by atomic mass is 19.3. The van der Waals surface area contributed by atoms with Gasteiger partial charge in [-0.1, -0.05) is 24.3 Å². The van der Waals surface area contributed by atoms with Crippen molar-refractivity contribution in [3.8, 4) is 17.2 Å². The molecule has 0 radical (unpaired) electrons. The molecule has 2 rings (SSSR count). The largest absolute Gasteiger partial charge is 0.496 e. The number of benzene rings is 2. The summed E-state index contributed by atoms with van der Waals surface area (Å²) in [5, 5.41) is 6.44. The highest BCUT2D eigenvalue weighted by Crippen LogP contribution is 2.30. The van der Waals surface area contributed by atoms with Crippen LogP contribution in [0.2, 0.25) is 0 Å². The van der Waals surface area contributed by atoms with Gasteiger partial charge in [0.1, 0.15) is 5.75 Å². The summed E-state index contributed by atoms with van der Waals surface area (Å²) in [5.74, 6) is 1.71. The van der Waals surface area contributed by atoms with Crippen molar-refractivity contribution in [1.82, 2.24) is 10.6 Å². The van der Waals surface area contributed by atoms with Crippen LogP contribution in [0.5, 0.6) is 17.2 Å². The van der Waals surface area contributed by atoms with Crippen molar-refractivity contribution in [2.45, 2.75) is 33.5 Å². The van der Waals surface area contributed by atoms with Gasteiger partial charge in [-0.3, -0.25) is 0 Å². The highest BCUT2D eigenvalue weighted by molar-refractivity contribution is 5.79. The summed E-state index contributed by atoms with van der Waals surface area (Å²) in [7, 11) is 1.63. The van der Waals surface area contributed by atoms with Gasteiger partial charge in [-0.25, -0.2) is 4.99 Å². The normalized spacial score (nSPS) is 11.3. The molecule has 158 valence electrons. The molecule has 0 spiro atoms. The number of rotatable bonds is 10. The molecule has 0 bridgehead atoms. The summed E-state index contributed by atoms with van der Waals surface area (Å²) in [6.07, 6.45) is 0. The zero-order valence-electron chi connectivity index (χ0n) is 16.9. The molecule has 6 nitrogen and oxygen atoms in total. The number of methoxy groups -OCH3 is 1. The summed E-state index contributed by atoms with van der Waals surface area (Å²) in [5.41, 5.74) is 1.82. The molecule has 2 aromatic carbocycles. The van der Waals surface area contributed by atoms with Crippen LogP contribution in [0.3, 0.4) is 0 Å². The molecule has 0 fully saturated rings. The molecule has 2 N–H and O–H groups in total. The minimum Gasteiger partial charge on any atom is -0.496 e. The Balaban J connectivity index is 2.09. The topological polar surface area (TPSA) is 64.1 Å². The van der Waals surface area contributed by atoms with Gasteiger partial charge in [0.05, 0.1) is 20.3 Å². The van der Waals surface area contributed by atoms with Gasteiger partial charge >= 0.3 is 6.61 Å². The highest BCUT2D eigenvalue weighted by Gasteiger charge is 2.11. The predicted molar refractivity (Wildman–Crippen MR) is 109 cm³/mol. The summed E-state index contributed by atoms with van der Waals surface area (Å²) in [6, 6.07) is 12.6. The maximum Gasteiger partial charge on any atom is 0.387 e. The molecule has 0 aliphatic rings. The SMILES string of the molecule is CCNC(=NCc1ccc(OC(F)F)c(OCC)c1)NCc1ccccc1OC. The fourth-order valence-corrected chi connectivity index (χ4v) is 2.65. The lowest BCUT2D eigenvalue weighted by Crippen LogP contribution is -2.36. The van der Waals surface area contributed by atoms with E-state index in [4.69, 9.17) is 9.47 Å². The van der Waals surface area contributed by atoms with E-state index in [0.717, 1.165) is 16.9 Å². The van der Waals surface area contributed by atoms with E-state index in [1.54, 1.807) is 26.2 Å². The molecule has 0 aliphatic carbocycles. The Bertz CT molecular complexity index is 800. The average molecular weight is 407 g/mol. The van der Waals surface area contributed by atoms with Crippen LogP contribution >= 0.6 is 0 Å². The van der Waals surface area contributed by atoms with E-state index < -0.39 is 6.61 Å². The third kappa shape index (κ3) is 7.14. The van der Waals surface area contributed by atoms with Crippen molar-refractivity contribution in [3.63, 3.8) is 0 Å². The Morgan fingerprint density at radius 3 is 2.52 bits per heavy atom. The van der Waals surface area contributed by atoms with Crippen LogP contribution < -0.4 is 24.8 Å². The van der Waals surface area contributed by atoms with E-state index in [9.17, 15) is 8.78 Å². The minimum absolute atomic E-state index is 0.00999. The number of nitrogens with zero attached hydrogens (tertiary/aromatic N) is 1. The second kappa shape index (κ2) is 11.7. The number of para-hydroxylation sites is 1. The molecule has 0 unspecified atom stereocenters. The lowest BCUT2D eigenvalue weighted by Gasteiger charge is -2.14. The van der Waals surface area contributed by atoms with Crippen molar-refractivity contribution >= 4 is 5.96 Å². The standard InChI is InChI=1S/C21H27F2N3O3/c1-4-24-21(26-14-16-8-6-7-9-17(16)27-3)25-13-15-10-11-18(29-20(22)23)19(12-15)28-5-2/h6-12,20H,4-5,13-14H2,1-3H3,(H2,24,25,26). The number of nitrogens with one attached hydrogen (secondary N) is 2. The number of guanidine groups is 1. The molecule has 2 aromatic rings. The van der Waals surface area contributed by atoms with Gasteiger partial charge in [0.15, 0.2) is 17.5 Å². The molecule has 0 aromatic heterocycles. The smallest absolute Gasteiger partial charge is 0.387 e. The molecule has 8 heteroatoms. The lowest BCUT2D eigenvalue weighted by molar-refractivity contribution is -0.0514. The first-order valence-corrected chi connectivity index (χ1v) is 9.42. The third-order valence-corrected chi connectivity index (χ3v) is 3.93. The Morgan fingerprint density at radius 1 is 1.03 bits per heavy atom. The van der Waals surface area contributed by atoms with Crippen LogP contribution in [0.1, 0.15) is 25.0 Å². The molecule has 0 aliphatic heterocycles. The first kappa shape index (κ1) is 22.3. The van der Waals surface area contributed by atoms with Crippen LogP contribution in [-0.2, 0) is 13.1 Å². The van der Waals surface area contributed by atoms with Crippen molar-refractivity contribution < 1.29 is 23.0 Å². The van der Waals surface area contributed by atoms with Gasteiger partial charge in [-0.15, -0.1) is 0 Å². The molecule has 0 saturated carbocycles. The van der Waals surface area contributed by atoms with Crippen molar-refractivity contribution in [2.75, 3.05) is 20.3 Å². The molecule has 0 heterocycles. The molecule has 29 heavy (non-hydrogen) atoms. The summed E-state index contributed by atoms with van der Waals surface area (Å²) < 4.78 is 40.3. The van der Waals surface area contributed by atoms with Gasteiger partial charge in [-0.05, 0) is 37.6 Å². The summed E-state index contributed by atoms with van der Waals surface area (Å²) in [4.78, 5) is 4.56. The van der Waals surface area contributed by atoms with E-state index in [2.05, 4.69) is 20.4 Å². The second-order valence-electron chi connectivity index (χ2n) is 5.95. The second-order valence-corrected chi connectivity index (χ2v) is 5.95. The Morgan fingerprint density at radius 2 is 1.83 bits per heavy atom. The molecule has 0 amide bonds. The predicted octanol–water partition coefficient (Wildman–Crippen LogP) is 3.95. The number of alkyl halides is 2. The van der Waals surface area contributed by atoms with Gasteiger partial charge in [0.25, 0.3) is 0 Å². The third-order valence-electron chi connectivity index (χ3n) is 3.93. The van der Waals surface area contributed by atoms with E-state index in [0.29, 0.717) is 32.2 Å². The van der Waals surface area contributed by atoms with Crippen LogP contribution in [0.25, 0.3) is 0 Å². The number of ether oxygens (including phenoxy) is 3. The first-order chi connectivity index (χ1) is 14.1. The maximum absolute atomic E-state index is 12.5. The number of hydrogen-bond acceptors (Lipinski definition) is 4. The zero-order chi connectivity index (χ0) is 21.1. The van der Waals surface area contributed by atoms with Crippen molar-refractivity contribution in [2.24, 2.45) is 4.99 Å². The van der Waals surface area contributed by atoms with E-state index in [-0.39, 0.29) is 11.5 Å². The quantitative estimate of drug-likeness (QED) is 0.461. The van der Waals surface area contributed by atoms with Crippen LogP contribution in [0.15, 0.2) is 47.5 Å². The van der Waals surface area contributed by atoms with Gasteiger partial charge in [-0.2, -0.15) is 8.78 Å². The van der Waals surface area contributed by atoms with Gasteiger partial charge in [0.2, 0.25) is 0 Å². The number of halogens is 2. The fraction of sp³-hybridized carbons (Fsp3) is 0.381. The van der Waals surface area contributed by atoms with E-state index in [1.165, 1.54) is 6.07 Å². The van der Waals surface area contributed by atoms with Crippen molar-refractivity contribution in [3.05, 3.63) is 53.6 Å². The Kier molecular flexibility index (Phi) is 9.01. The van der Waals surface area contributed by atoms with Crippen LogP contribution in [0, 0.1) is 0 Å². The van der Waals surface area contributed by atoms with Crippen LogP contribution in [-0.4, -0.2) is 32.8 Å². The molecular weight excluding hydrogens is 380 g/mol. The van der Waals surface area contributed by atoms with Crippen LogP contribution in [0.4, 0.5) is 8.78 Å². The maximum atomic E-state index is 12.5. The first-order valence-electron chi connectivity index (χ1n) is 9.42. The monoisotopic (exact) mass is 407 g/mol. The van der Waals surface area contributed by atoms with Gasteiger partial charge in [0, 0.05) is 18.7 Å². The Hall–Kier alpha value is -3.03. The Labute approximate surface area is 169 Å². The number of hydrogen-bond donors (Lipinski definition) is 2. The summed E-state index contributed by atoms with van der Waals surface area (Å²) >= 11 is 0. The van der Waals surface area contributed by atoms with E-state index in [1.807, 2.05) is 31.2 Å². The zero-order valence-corrected chi connectivity index (χ0v) is 16.9. The van der Waals surface area contributed by atoms with Crippen molar-refractivity contribution in [1.29, 1.82) is 0 Å². The molecule has 0 atom stereocenters. The molecule has 0 saturated heterocycles. The molecular formula is C21H27F2N3O3. The average Bonchev–Trinajstić information content (AvgIpc) is 2.71.